The molecule has 26 heavy (non-hydrogen) atoms. The van der Waals surface area contributed by atoms with Crippen LogP contribution >= 0.6 is 0 Å². The molecular formula is C19H27N3O3S. The van der Waals surface area contributed by atoms with Crippen LogP contribution in [-0.4, -0.2) is 37.3 Å². The molecule has 3 atom stereocenters. The summed E-state index contributed by atoms with van der Waals surface area (Å²) in [6, 6.07) is 1.90. The van der Waals surface area contributed by atoms with Gasteiger partial charge in [0.25, 0.3) is 11.6 Å². The van der Waals surface area contributed by atoms with Gasteiger partial charge in [0.05, 0.1) is 16.6 Å². The van der Waals surface area contributed by atoms with E-state index in [0.717, 1.165) is 31.4 Å². The first kappa shape index (κ1) is 19.0. The zero-order valence-corrected chi connectivity index (χ0v) is 16.7. The fourth-order valence-electron chi connectivity index (χ4n) is 3.60. The smallest absolute Gasteiger partial charge is 0.259 e. The van der Waals surface area contributed by atoms with Crippen molar-refractivity contribution in [3.63, 3.8) is 0 Å². The minimum atomic E-state index is -0.809. The average Bonchev–Trinajstić information content (AvgIpc) is 3.01. The van der Waals surface area contributed by atoms with Crippen molar-refractivity contribution in [1.82, 2.24) is 15.5 Å². The summed E-state index contributed by atoms with van der Waals surface area (Å²) in [6.45, 7) is 7.84. The summed E-state index contributed by atoms with van der Waals surface area (Å²) in [5, 5.41) is 7.98. The van der Waals surface area contributed by atoms with Gasteiger partial charge in [-0.15, -0.1) is 0 Å². The first-order valence-corrected chi connectivity index (χ1v) is 10.7. The Morgan fingerprint density at radius 3 is 2.88 bits per heavy atom. The van der Waals surface area contributed by atoms with Gasteiger partial charge < -0.3 is 9.84 Å². The van der Waals surface area contributed by atoms with Crippen molar-refractivity contribution in [2.75, 3.05) is 5.75 Å². The maximum absolute atomic E-state index is 13.0. The third-order valence-electron chi connectivity index (χ3n) is 5.09. The maximum Gasteiger partial charge on any atom is 0.259 e. The van der Waals surface area contributed by atoms with E-state index in [2.05, 4.69) is 15.5 Å². The summed E-state index contributed by atoms with van der Waals surface area (Å²) in [5.74, 6) is 0.731. The molecule has 2 heterocycles. The number of amides is 1. The molecule has 1 fully saturated rings. The average molecular weight is 378 g/mol. The summed E-state index contributed by atoms with van der Waals surface area (Å²) >= 11 is 0. The number of fused-ring (bicyclic) bond motifs is 1. The predicted octanol–water partition coefficient (Wildman–Crippen LogP) is 3.46. The SMILES string of the molecule is CC[S@@](=O)[C@@H]1CCC[C@H](NC(=O)c2cc(C(C)C)nc3onc(C)c23)C1. The first-order valence-electron chi connectivity index (χ1n) is 9.35. The third kappa shape index (κ3) is 3.82. The molecule has 0 aromatic carbocycles. The van der Waals surface area contributed by atoms with Crippen LogP contribution < -0.4 is 5.32 Å². The number of nitrogens with one attached hydrogen (secondary N) is 1. The molecule has 1 amide bonds. The number of carbonyl (C=O) groups excluding carboxylic acids is 1. The molecule has 0 bridgehead atoms. The molecule has 1 N–H and O–H groups in total. The van der Waals surface area contributed by atoms with E-state index in [4.69, 9.17) is 4.52 Å². The fourth-order valence-corrected chi connectivity index (χ4v) is 4.95. The lowest BCUT2D eigenvalue weighted by atomic mass is 9.94. The Morgan fingerprint density at radius 1 is 1.42 bits per heavy atom. The molecule has 142 valence electrons. The lowest BCUT2D eigenvalue weighted by molar-refractivity contribution is 0.0929. The van der Waals surface area contributed by atoms with Gasteiger partial charge in [0, 0.05) is 33.5 Å². The Morgan fingerprint density at radius 2 is 2.19 bits per heavy atom. The minimum absolute atomic E-state index is 0.0580. The highest BCUT2D eigenvalue weighted by Gasteiger charge is 2.28. The zero-order valence-electron chi connectivity index (χ0n) is 15.9. The van der Waals surface area contributed by atoms with Gasteiger partial charge in [0.1, 0.15) is 0 Å². The second-order valence-electron chi connectivity index (χ2n) is 7.33. The van der Waals surface area contributed by atoms with E-state index in [0.29, 0.717) is 28.1 Å². The number of nitrogens with zero attached hydrogens (tertiary/aromatic N) is 2. The van der Waals surface area contributed by atoms with Crippen molar-refractivity contribution in [2.45, 2.75) is 70.6 Å². The van der Waals surface area contributed by atoms with Crippen LogP contribution in [0.3, 0.4) is 0 Å². The lowest BCUT2D eigenvalue weighted by Crippen LogP contribution is -2.41. The zero-order chi connectivity index (χ0) is 18.8. The molecule has 2 aromatic heterocycles. The van der Waals surface area contributed by atoms with Gasteiger partial charge in [-0.25, -0.2) is 4.98 Å². The Kier molecular flexibility index (Phi) is 5.75. The number of aryl methyl sites for hydroxylation is 1. The highest BCUT2D eigenvalue weighted by atomic mass is 32.2. The second kappa shape index (κ2) is 7.86. The fraction of sp³-hybridized carbons (Fsp3) is 0.632. The van der Waals surface area contributed by atoms with Crippen LogP contribution in [0.5, 0.6) is 0 Å². The maximum atomic E-state index is 13.0. The van der Waals surface area contributed by atoms with Gasteiger partial charge in [0.2, 0.25) is 0 Å². The third-order valence-corrected chi connectivity index (χ3v) is 6.83. The Balaban J connectivity index is 1.85. The van der Waals surface area contributed by atoms with E-state index < -0.39 is 10.8 Å². The number of carbonyl (C=O) groups is 1. The van der Waals surface area contributed by atoms with Crippen LogP contribution in [-0.2, 0) is 10.8 Å². The van der Waals surface area contributed by atoms with Crippen LogP contribution in [0, 0.1) is 6.92 Å². The van der Waals surface area contributed by atoms with Gasteiger partial charge in [-0.05, 0) is 38.2 Å². The molecule has 0 spiro atoms. The first-order chi connectivity index (χ1) is 12.4. The van der Waals surface area contributed by atoms with Crippen LogP contribution in [0.2, 0.25) is 0 Å². The monoisotopic (exact) mass is 377 g/mol. The van der Waals surface area contributed by atoms with Crippen LogP contribution in [0.1, 0.15) is 74.1 Å². The lowest BCUT2D eigenvalue weighted by Gasteiger charge is -2.29. The summed E-state index contributed by atoms with van der Waals surface area (Å²) < 4.78 is 17.4. The largest absolute Gasteiger partial charge is 0.349 e. The minimum Gasteiger partial charge on any atom is -0.349 e. The number of rotatable bonds is 5. The number of hydrogen-bond donors (Lipinski definition) is 1. The molecule has 3 rings (SSSR count). The summed E-state index contributed by atoms with van der Waals surface area (Å²) in [4.78, 5) is 17.5. The molecule has 2 aromatic rings. The second-order valence-corrected chi connectivity index (χ2v) is 9.33. The molecule has 1 aliphatic rings. The van der Waals surface area contributed by atoms with Gasteiger partial charge in [-0.3, -0.25) is 9.00 Å². The molecule has 0 unspecified atom stereocenters. The van der Waals surface area contributed by atoms with Gasteiger partial charge >= 0.3 is 0 Å². The molecule has 7 heteroatoms. The topological polar surface area (TPSA) is 85.1 Å². The number of hydrogen-bond acceptors (Lipinski definition) is 5. The quantitative estimate of drug-likeness (QED) is 0.862. The highest BCUT2D eigenvalue weighted by molar-refractivity contribution is 7.85. The molecular weight excluding hydrogens is 350 g/mol. The van der Waals surface area contributed by atoms with Crippen molar-refractivity contribution in [2.24, 2.45) is 0 Å². The van der Waals surface area contributed by atoms with E-state index >= 15 is 0 Å². The van der Waals surface area contributed by atoms with Gasteiger partial charge in [-0.2, -0.15) is 0 Å². The normalized spacial score (nSPS) is 21.9. The molecule has 1 saturated carbocycles. The Hall–Kier alpha value is -1.76. The summed E-state index contributed by atoms with van der Waals surface area (Å²) in [5.41, 5.74) is 2.46. The number of pyridine rings is 1. The molecule has 0 saturated heterocycles. The highest BCUT2D eigenvalue weighted by Crippen LogP contribution is 2.27. The summed E-state index contributed by atoms with van der Waals surface area (Å²) in [7, 11) is -0.809. The van der Waals surface area contributed by atoms with Gasteiger partial charge in [-0.1, -0.05) is 32.3 Å². The number of aromatic nitrogens is 2. The Labute approximate surface area is 156 Å². The van der Waals surface area contributed by atoms with Crippen LogP contribution in [0.25, 0.3) is 11.1 Å². The molecule has 0 aliphatic heterocycles. The molecule has 0 radical (unpaired) electrons. The molecule has 6 nitrogen and oxygen atoms in total. The van der Waals surface area contributed by atoms with Crippen molar-refractivity contribution < 1.29 is 13.5 Å². The van der Waals surface area contributed by atoms with Gasteiger partial charge in [0.15, 0.2) is 0 Å². The molecule has 1 aliphatic carbocycles. The van der Waals surface area contributed by atoms with E-state index in [9.17, 15) is 9.00 Å². The Bertz CT molecular complexity index is 831. The predicted molar refractivity (Wildman–Crippen MR) is 103 cm³/mol. The van der Waals surface area contributed by atoms with Crippen LogP contribution in [0.15, 0.2) is 10.6 Å². The van der Waals surface area contributed by atoms with Crippen LogP contribution in [0.4, 0.5) is 0 Å². The van der Waals surface area contributed by atoms with E-state index in [1.165, 1.54) is 0 Å². The van der Waals surface area contributed by atoms with E-state index in [1.54, 1.807) is 0 Å². The van der Waals surface area contributed by atoms with Crippen molar-refractivity contribution in [1.29, 1.82) is 0 Å². The standard InChI is InChI=1S/C19H27N3O3S/c1-5-26(24)14-8-6-7-13(9-14)20-18(23)15-10-16(11(2)3)21-19-17(15)12(4)22-25-19/h10-11,13-14H,5-9H2,1-4H3,(H,20,23)/t13-,14+,26+/m0/s1. The van der Waals surface area contributed by atoms with Crippen molar-refractivity contribution in [3.8, 4) is 0 Å². The van der Waals surface area contributed by atoms with E-state index in [1.807, 2.05) is 33.8 Å². The summed E-state index contributed by atoms with van der Waals surface area (Å²) in [6.07, 6.45) is 3.68. The van der Waals surface area contributed by atoms with Crippen molar-refractivity contribution >= 4 is 27.8 Å². The van der Waals surface area contributed by atoms with Crippen molar-refractivity contribution in [3.05, 3.63) is 23.0 Å². The van der Waals surface area contributed by atoms with E-state index in [-0.39, 0.29) is 23.1 Å².